The minimum atomic E-state index is -4.49. The van der Waals surface area contributed by atoms with E-state index in [9.17, 15) is 13.2 Å². The number of nitrogens with zero attached hydrogens (tertiary/aromatic N) is 3. The molecule has 118 valence electrons. The number of nitrogens with one attached hydrogen (secondary N) is 1. The topological polar surface area (TPSA) is 67.1 Å². The second-order valence-corrected chi connectivity index (χ2v) is 5.59. The lowest BCUT2D eigenvalue weighted by molar-refractivity contribution is -0.141. The molecule has 0 aliphatic heterocycles. The summed E-state index contributed by atoms with van der Waals surface area (Å²) in [5.41, 5.74) is 4.89. The van der Waals surface area contributed by atoms with Crippen LogP contribution in [0.2, 0.25) is 0 Å². The summed E-state index contributed by atoms with van der Waals surface area (Å²) < 4.78 is 38.7. The Hall–Kier alpha value is -1.57. The van der Waals surface area contributed by atoms with Crippen LogP contribution in [0.1, 0.15) is 31.4 Å². The van der Waals surface area contributed by atoms with Gasteiger partial charge in [0.25, 0.3) is 0 Å². The van der Waals surface area contributed by atoms with Gasteiger partial charge in [0.15, 0.2) is 5.69 Å². The first-order valence-electron chi connectivity index (χ1n) is 6.91. The second kappa shape index (κ2) is 6.05. The lowest BCUT2D eigenvalue weighted by Gasteiger charge is -2.27. The normalized spacial score (nSPS) is 23.0. The molecule has 1 aromatic heterocycles. The predicted molar refractivity (Wildman–Crippen MR) is 75.2 cm³/mol. The van der Waals surface area contributed by atoms with E-state index < -0.39 is 11.9 Å². The Morgan fingerprint density at radius 3 is 2.33 bits per heavy atom. The molecule has 1 saturated carbocycles. The van der Waals surface area contributed by atoms with Gasteiger partial charge in [-0.25, -0.2) is 4.98 Å². The van der Waals surface area contributed by atoms with Crippen molar-refractivity contribution in [1.29, 1.82) is 0 Å². The van der Waals surface area contributed by atoms with Crippen LogP contribution in [-0.2, 0) is 6.18 Å². The molecule has 0 spiro atoms. The molecule has 0 aromatic carbocycles. The molecule has 0 radical (unpaired) electrons. The SMILES string of the molecule is CN(C)c1nc(N[C@H]2CC[C@@H](N)CC2)cc(C(F)(F)F)n1. The fraction of sp³-hybridized carbons (Fsp3) is 0.692. The zero-order valence-corrected chi connectivity index (χ0v) is 12.1. The van der Waals surface area contributed by atoms with E-state index in [1.54, 1.807) is 14.1 Å². The van der Waals surface area contributed by atoms with E-state index in [4.69, 9.17) is 5.73 Å². The Bertz CT molecular complexity index is 481. The van der Waals surface area contributed by atoms with E-state index in [0.29, 0.717) is 0 Å². The highest BCUT2D eigenvalue weighted by molar-refractivity contribution is 5.44. The van der Waals surface area contributed by atoms with Crippen LogP contribution < -0.4 is 16.0 Å². The largest absolute Gasteiger partial charge is 0.433 e. The first-order chi connectivity index (χ1) is 9.75. The van der Waals surface area contributed by atoms with Crippen molar-refractivity contribution in [2.45, 2.75) is 43.9 Å². The molecule has 0 bridgehead atoms. The summed E-state index contributed by atoms with van der Waals surface area (Å²) in [6.45, 7) is 0. The molecule has 8 heteroatoms. The molecule has 1 heterocycles. The monoisotopic (exact) mass is 303 g/mol. The first kappa shape index (κ1) is 15.8. The number of rotatable bonds is 3. The van der Waals surface area contributed by atoms with Crippen molar-refractivity contribution >= 4 is 11.8 Å². The molecule has 0 amide bonds. The van der Waals surface area contributed by atoms with Crippen LogP contribution in [-0.4, -0.2) is 36.1 Å². The second-order valence-electron chi connectivity index (χ2n) is 5.59. The summed E-state index contributed by atoms with van der Waals surface area (Å²) >= 11 is 0. The van der Waals surface area contributed by atoms with Gasteiger partial charge in [-0.2, -0.15) is 18.2 Å². The van der Waals surface area contributed by atoms with E-state index in [2.05, 4.69) is 15.3 Å². The van der Waals surface area contributed by atoms with Gasteiger partial charge in [-0.05, 0) is 25.7 Å². The molecule has 0 unspecified atom stereocenters. The quantitative estimate of drug-likeness (QED) is 0.896. The predicted octanol–water partition coefficient (Wildman–Crippen LogP) is 2.24. The number of aromatic nitrogens is 2. The van der Waals surface area contributed by atoms with Crippen molar-refractivity contribution < 1.29 is 13.2 Å². The number of alkyl halides is 3. The summed E-state index contributed by atoms with van der Waals surface area (Å²) in [5, 5.41) is 3.08. The lowest BCUT2D eigenvalue weighted by atomic mass is 9.92. The molecule has 1 aromatic rings. The van der Waals surface area contributed by atoms with E-state index in [-0.39, 0.29) is 23.8 Å². The molecule has 21 heavy (non-hydrogen) atoms. The highest BCUT2D eigenvalue weighted by Crippen LogP contribution is 2.30. The Labute approximate surface area is 121 Å². The van der Waals surface area contributed by atoms with Crippen LogP contribution in [0.5, 0.6) is 0 Å². The summed E-state index contributed by atoms with van der Waals surface area (Å²) in [5.74, 6) is 0.251. The molecular formula is C13H20F3N5. The third-order valence-corrected chi connectivity index (χ3v) is 3.53. The minimum Gasteiger partial charge on any atom is -0.367 e. The molecule has 5 nitrogen and oxygen atoms in total. The fourth-order valence-electron chi connectivity index (χ4n) is 2.33. The standard InChI is InChI=1S/C13H20F3N5/c1-21(2)12-19-10(13(14,15)16)7-11(20-12)18-9-5-3-8(17)4-6-9/h7-9H,3-6,17H2,1-2H3,(H,18,19,20)/t8-,9+. The Kier molecular flexibility index (Phi) is 4.55. The maximum Gasteiger partial charge on any atom is 0.433 e. The van der Waals surface area contributed by atoms with Gasteiger partial charge in [-0.3, -0.25) is 0 Å². The molecule has 0 atom stereocenters. The number of halogens is 3. The van der Waals surface area contributed by atoms with Crippen LogP contribution in [0.4, 0.5) is 24.9 Å². The van der Waals surface area contributed by atoms with Crippen molar-refractivity contribution in [3.8, 4) is 0 Å². The van der Waals surface area contributed by atoms with Gasteiger partial charge in [0, 0.05) is 32.2 Å². The van der Waals surface area contributed by atoms with E-state index in [1.165, 1.54) is 4.90 Å². The highest BCUT2D eigenvalue weighted by atomic mass is 19.4. The van der Waals surface area contributed by atoms with Crippen LogP contribution >= 0.6 is 0 Å². The van der Waals surface area contributed by atoms with Gasteiger partial charge in [-0.1, -0.05) is 0 Å². The van der Waals surface area contributed by atoms with Crippen LogP contribution in [0.25, 0.3) is 0 Å². The van der Waals surface area contributed by atoms with Crippen molar-refractivity contribution in [3.05, 3.63) is 11.8 Å². The number of anilines is 2. The maximum atomic E-state index is 12.9. The summed E-state index contributed by atoms with van der Waals surface area (Å²) in [4.78, 5) is 9.13. The summed E-state index contributed by atoms with van der Waals surface area (Å²) in [7, 11) is 3.22. The van der Waals surface area contributed by atoms with Crippen LogP contribution in [0.3, 0.4) is 0 Å². The van der Waals surface area contributed by atoms with Gasteiger partial charge in [0.2, 0.25) is 5.95 Å². The Balaban J connectivity index is 2.20. The van der Waals surface area contributed by atoms with E-state index >= 15 is 0 Å². The number of hydrogen-bond donors (Lipinski definition) is 2. The highest BCUT2D eigenvalue weighted by Gasteiger charge is 2.34. The van der Waals surface area contributed by atoms with E-state index in [0.717, 1.165) is 31.7 Å². The van der Waals surface area contributed by atoms with Gasteiger partial charge in [0.05, 0.1) is 0 Å². The van der Waals surface area contributed by atoms with Crippen molar-refractivity contribution in [3.63, 3.8) is 0 Å². The molecule has 3 N–H and O–H groups in total. The van der Waals surface area contributed by atoms with Gasteiger partial charge in [-0.15, -0.1) is 0 Å². The van der Waals surface area contributed by atoms with Crippen LogP contribution in [0.15, 0.2) is 6.07 Å². The molecule has 2 rings (SSSR count). The average molecular weight is 303 g/mol. The summed E-state index contributed by atoms with van der Waals surface area (Å²) in [6, 6.07) is 1.26. The molecule has 1 fully saturated rings. The van der Waals surface area contributed by atoms with Crippen molar-refractivity contribution in [2.24, 2.45) is 5.73 Å². The van der Waals surface area contributed by atoms with Crippen LogP contribution in [0, 0.1) is 0 Å². The maximum absolute atomic E-state index is 12.9. The van der Waals surface area contributed by atoms with E-state index in [1.807, 2.05) is 0 Å². The average Bonchev–Trinajstić information content (AvgIpc) is 2.40. The number of hydrogen-bond acceptors (Lipinski definition) is 5. The van der Waals surface area contributed by atoms with Crippen molar-refractivity contribution in [1.82, 2.24) is 9.97 Å². The zero-order valence-electron chi connectivity index (χ0n) is 12.1. The van der Waals surface area contributed by atoms with Crippen molar-refractivity contribution in [2.75, 3.05) is 24.3 Å². The third kappa shape index (κ3) is 4.20. The smallest absolute Gasteiger partial charge is 0.367 e. The lowest BCUT2D eigenvalue weighted by Crippen LogP contribution is -2.33. The first-order valence-corrected chi connectivity index (χ1v) is 6.91. The third-order valence-electron chi connectivity index (χ3n) is 3.53. The number of nitrogens with two attached hydrogens (primary N) is 1. The molecular weight excluding hydrogens is 283 g/mol. The summed E-state index contributed by atoms with van der Waals surface area (Å²) in [6.07, 6.45) is -1.07. The Morgan fingerprint density at radius 1 is 1.19 bits per heavy atom. The Morgan fingerprint density at radius 2 is 1.81 bits per heavy atom. The van der Waals surface area contributed by atoms with Gasteiger partial charge in [0.1, 0.15) is 5.82 Å². The molecule has 1 aliphatic carbocycles. The van der Waals surface area contributed by atoms with Gasteiger partial charge >= 0.3 is 6.18 Å². The fourth-order valence-corrected chi connectivity index (χ4v) is 2.33. The zero-order chi connectivity index (χ0) is 15.6. The molecule has 0 saturated heterocycles. The van der Waals surface area contributed by atoms with Gasteiger partial charge < -0.3 is 16.0 Å². The minimum absolute atomic E-state index is 0.0415. The molecule has 1 aliphatic rings.